The highest BCUT2D eigenvalue weighted by molar-refractivity contribution is 9.10. The van der Waals surface area contributed by atoms with E-state index in [2.05, 4.69) is 31.4 Å². The Hall–Kier alpha value is -1.69. The Balaban J connectivity index is 1.60. The molecule has 3 rings (SSSR count). The maximum absolute atomic E-state index is 12.4. The van der Waals surface area contributed by atoms with Gasteiger partial charge in [0.05, 0.1) is 5.41 Å². The van der Waals surface area contributed by atoms with Crippen LogP contribution in [0.5, 0.6) is 0 Å². The SMILES string of the molecule is Cc1noc(CCNC(=O)C2(c3cccc(Br)c3)CC2)n1. The van der Waals surface area contributed by atoms with Gasteiger partial charge in [0.15, 0.2) is 5.82 Å². The number of rotatable bonds is 5. The maximum Gasteiger partial charge on any atom is 0.230 e. The lowest BCUT2D eigenvalue weighted by Crippen LogP contribution is -2.36. The first-order valence-electron chi connectivity index (χ1n) is 6.94. The fourth-order valence-corrected chi connectivity index (χ4v) is 2.85. The molecule has 1 aromatic carbocycles. The van der Waals surface area contributed by atoms with Crippen LogP contribution in [0.2, 0.25) is 0 Å². The molecule has 1 fully saturated rings. The first-order chi connectivity index (χ1) is 10.1. The topological polar surface area (TPSA) is 68.0 Å². The van der Waals surface area contributed by atoms with Gasteiger partial charge in [0.1, 0.15) is 0 Å². The van der Waals surface area contributed by atoms with E-state index in [-0.39, 0.29) is 11.3 Å². The zero-order chi connectivity index (χ0) is 14.9. The molecular formula is C15H16BrN3O2. The van der Waals surface area contributed by atoms with Gasteiger partial charge in [0.2, 0.25) is 11.8 Å². The van der Waals surface area contributed by atoms with Crippen molar-refractivity contribution in [1.29, 1.82) is 0 Å². The third-order valence-electron chi connectivity index (χ3n) is 3.76. The summed E-state index contributed by atoms with van der Waals surface area (Å²) in [4.78, 5) is 16.6. The molecule has 110 valence electrons. The van der Waals surface area contributed by atoms with Crippen LogP contribution in [0.25, 0.3) is 0 Å². The number of benzene rings is 1. The normalized spacial score (nSPS) is 15.7. The van der Waals surface area contributed by atoms with Crippen LogP contribution in [0.15, 0.2) is 33.3 Å². The first-order valence-corrected chi connectivity index (χ1v) is 7.73. The van der Waals surface area contributed by atoms with Crippen LogP contribution >= 0.6 is 15.9 Å². The summed E-state index contributed by atoms with van der Waals surface area (Å²) in [6.45, 7) is 2.29. The van der Waals surface area contributed by atoms with Gasteiger partial charge >= 0.3 is 0 Å². The van der Waals surface area contributed by atoms with Crippen LogP contribution < -0.4 is 5.32 Å². The summed E-state index contributed by atoms with van der Waals surface area (Å²) in [7, 11) is 0. The number of carbonyl (C=O) groups excluding carboxylic acids is 1. The second-order valence-corrected chi connectivity index (χ2v) is 6.25. The van der Waals surface area contributed by atoms with Crippen molar-refractivity contribution in [2.75, 3.05) is 6.54 Å². The molecule has 0 bridgehead atoms. The van der Waals surface area contributed by atoms with Gasteiger partial charge in [-0.15, -0.1) is 0 Å². The standard InChI is InChI=1S/C15H16BrN3O2/c1-10-18-13(21-19-10)5-8-17-14(20)15(6-7-15)11-3-2-4-12(16)9-11/h2-4,9H,5-8H2,1H3,(H,17,20). The van der Waals surface area contributed by atoms with E-state index in [9.17, 15) is 4.79 Å². The molecule has 0 aliphatic heterocycles. The van der Waals surface area contributed by atoms with Gasteiger partial charge in [0.25, 0.3) is 0 Å². The minimum Gasteiger partial charge on any atom is -0.355 e. The number of nitrogens with zero attached hydrogens (tertiary/aromatic N) is 2. The van der Waals surface area contributed by atoms with Crippen molar-refractivity contribution in [3.63, 3.8) is 0 Å². The van der Waals surface area contributed by atoms with Crippen LogP contribution in [-0.4, -0.2) is 22.6 Å². The van der Waals surface area contributed by atoms with E-state index in [0.717, 1.165) is 22.9 Å². The van der Waals surface area contributed by atoms with Crippen LogP contribution in [0.3, 0.4) is 0 Å². The van der Waals surface area contributed by atoms with E-state index >= 15 is 0 Å². The van der Waals surface area contributed by atoms with Crippen molar-refractivity contribution in [2.24, 2.45) is 0 Å². The quantitative estimate of drug-likeness (QED) is 0.900. The molecule has 1 saturated carbocycles. The highest BCUT2D eigenvalue weighted by atomic mass is 79.9. The molecular weight excluding hydrogens is 334 g/mol. The number of nitrogens with one attached hydrogen (secondary N) is 1. The molecule has 6 heteroatoms. The maximum atomic E-state index is 12.4. The van der Waals surface area contributed by atoms with Crippen molar-refractivity contribution in [2.45, 2.75) is 31.6 Å². The second kappa shape index (κ2) is 5.60. The average Bonchev–Trinajstić information content (AvgIpc) is 3.17. The van der Waals surface area contributed by atoms with Gasteiger partial charge in [-0.05, 0) is 37.5 Å². The van der Waals surface area contributed by atoms with Crippen molar-refractivity contribution in [1.82, 2.24) is 15.5 Å². The fraction of sp³-hybridized carbons (Fsp3) is 0.400. The van der Waals surface area contributed by atoms with Crippen LogP contribution in [0.1, 0.15) is 30.1 Å². The summed E-state index contributed by atoms with van der Waals surface area (Å²) in [5.41, 5.74) is 0.720. The van der Waals surface area contributed by atoms with Crippen molar-refractivity contribution in [3.05, 3.63) is 46.0 Å². The molecule has 0 atom stereocenters. The van der Waals surface area contributed by atoms with Crippen LogP contribution in [0.4, 0.5) is 0 Å². The highest BCUT2D eigenvalue weighted by Crippen LogP contribution is 2.48. The summed E-state index contributed by atoms with van der Waals surface area (Å²) < 4.78 is 6.03. The minimum absolute atomic E-state index is 0.0804. The van der Waals surface area contributed by atoms with Gasteiger partial charge < -0.3 is 9.84 Å². The average molecular weight is 350 g/mol. The Morgan fingerprint density at radius 1 is 1.48 bits per heavy atom. The smallest absolute Gasteiger partial charge is 0.230 e. The van der Waals surface area contributed by atoms with Gasteiger partial charge in [-0.1, -0.05) is 33.2 Å². The summed E-state index contributed by atoms with van der Waals surface area (Å²) in [6, 6.07) is 7.97. The van der Waals surface area contributed by atoms with E-state index in [4.69, 9.17) is 4.52 Å². The number of aryl methyl sites for hydroxylation is 1. The Labute approximate surface area is 131 Å². The second-order valence-electron chi connectivity index (χ2n) is 5.33. The molecule has 1 N–H and O–H groups in total. The summed E-state index contributed by atoms with van der Waals surface area (Å²) in [5, 5.41) is 6.71. The molecule has 21 heavy (non-hydrogen) atoms. The number of hydrogen-bond acceptors (Lipinski definition) is 4. The summed E-state index contributed by atoms with van der Waals surface area (Å²) in [5.74, 6) is 1.25. The van der Waals surface area contributed by atoms with Gasteiger partial charge in [-0.2, -0.15) is 4.98 Å². The zero-order valence-corrected chi connectivity index (χ0v) is 13.3. The van der Waals surface area contributed by atoms with E-state index in [1.54, 1.807) is 6.92 Å². The van der Waals surface area contributed by atoms with Gasteiger partial charge in [-0.25, -0.2) is 0 Å². The lowest BCUT2D eigenvalue weighted by atomic mass is 9.95. The van der Waals surface area contributed by atoms with E-state index < -0.39 is 0 Å². The Morgan fingerprint density at radius 2 is 2.29 bits per heavy atom. The number of carbonyl (C=O) groups is 1. The third-order valence-corrected chi connectivity index (χ3v) is 4.25. The molecule has 1 aliphatic rings. The minimum atomic E-state index is -0.353. The molecule has 0 spiro atoms. The van der Waals surface area contributed by atoms with Crippen molar-refractivity contribution < 1.29 is 9.32 Å². The molecule has 1 aliphatic carbocycles. The lowest BCUT2D eigenvalue weighted by molar-refractivity contribution is -0.123. The molecule has 1 amide bonds. The van der Waals surface area contributed by atoms with E-state index in [0.29, 0.717) is 24.7 Å². The predicted octanol–water partition coefficient (Wildman–Crippen LogP) is 2.53. The zero-order valence-electron chi connectivity index (χ0n) is 11.7. The van der Waals surface area contributed by atoms with Crippen LogP contribution in [-0.2, 0) is 16.6 Å². The van der Waals surface area contributed by atoms with Crippen molar-refractivity contribution >= 4 is 21.8 Å². The van der Waals surface area contributed by atoms with E-state index in [1.807, 2.05) is 24.3 Å². The Bertz CT molecular complexity index is 664. The predicted molar refractivity (Wildman–Crippen MR) is 80.8 cm³/mol. The number of halogens is 1. The molecule has 0 radical (unpaired) electrons. The molecule has 1 aromatic heterocycles. The van der Waals surface area contributed by atoms with E-state index in [1.165, 1.54) is 0 Å². The first kappa shape index (κ1) is 14.3. The van der Waals surface area contributed by atoms with Gasteiger partial charge in [-0.3, -0.25) is 4.79 Å². The third kappa shape index (κ3) is 3.00. The summed E-state index contributed by atoms with van der Waals surface area (Å²) in [6.07, 6.45) is 2.35. The van der Waals surface area contributed by atoms with Gasteiger partial charge in [0, 0.05) is 17.4 Å². The summed E-state index contributed by atoms with van der Waals surface area (Å²) >= 11 is 3.46. The van der Waals surface area contributed by atoms with Crippen molar-refractivity contribution in [3.8, 4) is 0 Å². The lowest BCUT2D eigenvalue weighted by Gasteiger charge is -2.15. The fourth-order valence-electron chi connectivity index (χ4n) is 2.45. The molecule has 0 saturated heterocycles. The monoisotopic (exact) mass is 349 g/mol. The number of hydrogen-bond donors (Lipinski definition) is 1. The molecule has 0 unspecified atom stereocenters. The number of amides is 1. The largest absolute Gasteiger partial charge is 0.355 e. The molecule has 1 heterocycles. The Kier molecular flexibility index (Phi) is 3.80. The molecule has 5 nitrogen and oxygen atoms in total. The highest BCUT2D eigenvalue weighted by Gasteiger charge is 2.51. The van der Waals surface area contributed by atoms with Crippen LogP contribution in [0, 0.1) is 6.92 Å². The number of aromatic nitrogens is 2. The Morgan fingerprint density at radius 3 is 2.90 bits per heavy atom. The molecule has 2 aromatic rings.